The molecule has 110 valence electrons. The van der Waals surface area contributed by atoms with Gasteiger partial charge >= 0.3 is 0 Å². The highest BCUT2D eigenvalue weighted by Crippen LogP contribution is 1.99. The van der Waals surface area contributed by atoms with Crippen LogP contribution in [0.4, 0.5) is 0 Å². The number of benzene rings is 1. The van der Waals surface area contributed by atoms with Crippen molar-refractivity contribution in [3.63, 3.8) is 0 Å². The minimum Gasteiger partial charge on any atom is -0.103 e. The average molecular weight is 262 g/mol. The fraction of sp³-hybridized carbons (Fsp3) is 0.368. The molecule has 0 aliphatic carbocycles. The Morgan fingerprint density at radius 1 is 0.684 bits per heavy atom. The molecule has 0 saturated carbocycles. The lowest BCUT2D eigenvalue weighted by Crippen LogP contribution is -1.70. The van der Waals surface area contributed by atoms with Crippen molar-refractivity contribution in [2.75, 3.05) is 0 Å². The van der Waals surface area contributed by atoms with Gasteiger partial charge in [0, 0.05) is 0 Å². The second kappa shape index (κ2) is 29.9. The highest BCUT2D eigenvalue weighted by atomic mass is 13.9. The van der Waals surface area contributed by atoms with Crippen LogP contribution in [-0.4, -0.2) is 0 Å². The lowest BCUT2D eigenvalue weighted by Gasteiger charge is -1.90. The maximum absolute atomic E-state index is 3.36. The summed E-state index contributed by atoms with van der Waals surface area (Å²) in [5.41, 5.74) is 2.66. The number of hydrogen-bond acceptors (Lipinski definition) is 0. The molecule has 1 aromatic carbocycles. The largest absolute Gasteiger partial charge is 0.103 e. The predicted octanol–water partition coefficient (Wildman–Crippen LogP) is 6.91. The minimum absolute atomic E-state index is 1.33. The number of allylic oxidation sites excluding steroid dienone is 3. The molecule has 0 fully saturated rings. The SMILES string of the molecule is C=CC.C=CC=C.CC.CC.Cc1ccc(C)cc1. The molecule has 1 rings (SSSR count). The van der Waals surface area contributed by atoms with Crippen molar-refractivity contribution in [3.05, 3.63) is 73.4 Å². The topological polar surface area (TPSA) is 0 Å². The molecular formula is C19H34. The van der Waals surface area contributed by atoms with Crippen LogP contribution in [0.3, 0.4) is 0 Å². The van der Waals surface area contributed by atoms with Crippen molar-refractivity contribution in [1.82, 2.24) is 0 Å². The van der Waals surface area contributed by atoms with Crippen LogP contribution in [-0.2, 0) is 0 Å². The van der Waals surface area contributed by atoms with Gasteiger partial charge in [-0.3, -0.25) is 0 Å². The molecule has 1 aromatic rings. The average Bonchev–Trinajstić information content (AvgIpc) is 2.47. The fourth-order valence-corrected chi connectivity index (χ4v) is 0.637. The summed E-state index contributed by atoms with van der Waals surface area (Å²) >= 11 is 0. The van der Waals surface area contributed by atoms with E-state index in [0.29, 0.717) is 0 Å². The summed E-state index contributed by atoms with van der Waals surface area (Å²) in [7, 11) is 0. The van der Waals surface area contributed by atoms with Gasteiger partial charge in [-0.05, 0) is 20.8 Å². The lowest BCUT2D eigenvalue weighted by atomic mass is 10.2. The first-order chi connectivity index (χ1) is 9.12. The predicted molar refractivity (Wildman–Crippen MR) is 94.9 cm³/mol. The van der Waals surface area contributed by atoms with Gasteiger partial charge in [0.05, 0.1) is 0 Å². The summed E-state index contributed by atoms with van der Waals surface area (Å²) in [6.45, 7) is 24.2. The van der Waals surface area contributed by atoms with Crippen molar-refractivity contribution in [1.29, 1.82) is 0 Å². The van der Waals surface area contributed by atoms with E-state index < -0.39 is 0 Å². The normalized spacial score (nSPS) is 6.26. The van der Waals surface area contributed by atoms with Crippen LogP contribution >= 0.6 is 0 Å². The van der Waals surface area contributed by atoms with Crippen LogP contribution in [0.25, 0.3) is 0 Å². The Hall–Kier alpha value is -1.56. The molecule has 0 unspecified atom stereocenters. The van der Waals surface area contributed by atoms with Crippen LogP contribution < -0.4 is 0 Å². The Bertz CT molecular complexity index is 238. The Balaban J connectivity index is -0.0000000877. The Morgan fingerprint density at radius 3 is 0.947 bits per heavy atom. The van der Waals surface area contributed by atoms with E-state index in [-0.39, 0.29) is 0 Å². The van der Waals surface area contributed by atoms with Gasteiger partial charge in [-0.25, -0.2) is 0 Å². The maximum Gasteiger partial charge on any atom is -0.0398 e. The third-order valence-electron chi connectivity index (χ3n) is 1.38. The standard InChI is InChI=1S/C8H10.C4H6.C3H6.2C2H6/c1-7-3-5-8(2)6-4-7;1-3-4-2;1-3-2;2*1-2/h3-6H,1-2H3;3-4H,1-2H2;3H,1H2,2H3;2*1-2H3. The molecule has 0 aliphatic rings. The first-order valence-corrected chi connectivity index (χ1v) is 6.96. The van der Waals surface area contributed by atoms with Crippen molar-refractivity contribution >= 4 is 0 Å². The molecule has 0 aliphatic heterocycles. The highest BCUT2D eigenvalue weighted by molar-refractivity contribution is 5.19. The zero-order chi connectivity index (χ0) is 16.1. The van der Waals surface area contributed by atoms with Gasteiger partial charge in [-0.1, -0.05) is 94.5 Å². The lowest BCUT2D eigenvalue weighted by molar-refractivity contribution is 1.40. The van der Waals surface area contributed by atoms with Crippen LogP contribution in [0.5, 0.6) is 0 Å². The fourth-order valence-electron chi connectivity index (χ4n) is 0.637. The first-order valence-electron chi connectivity index (χ1n) is 6.96. The van der Waals surface area contributed by atoms with Gasteiger partial charge in [-0.2, -0.15) is 0 Å². The molecular weight excluding hydrogens is 228 g/mol. The van der Waals surface area contributed by atoms with Gasteiger partial charge in [-0.15, -0.1) is 6.58 Å². The van der Waals surface area contributed by atoms with E-state index in [9.17, 15) is 0 Å². The molecule has 0 radical (unpaired) electrons. The first kappa shape index (κ1) is 26.1. The van der Waals surface area contributed by atoms with Gasteiger partial charge in [0.15, 0.2) is 0 Å². The molecule has 0 N–H and O–H groups in total. The van der Waals surface area contributed by atoms with E-state index in [4.69, 9.17) is 0 Å². The molecule has 0 heteroatoms. The molecule has 0 nitrogen and oxygen atoms in total. The zero-order valence-corrected chi connectivity index (χ0v) is 14.2. The van der Waals surface area contributed by atoms with Crippen molar-refractivity contribution in [3.8, 4) is 0 Å². The maximum atomic E-state index is 3.36. The highest BCUT2D eigenvalue weighted by Gasteiger charge is 1.79. The number of aryl methyl sites for hydroxylation is 2. The van der Waals surface area contributed by atoms with Gasteiger partial charge in [0.2, 0.25) is 0 Å². The summed E-state index contributed by atoms with van der Waals surface area (Å²) in [5.74, 6) is 0. The second-order valence-corrected chi connectivity index (χ2v) is 3.03. The van der Waals surface area contributed by atoms with Crippen LogP contribution in [0.1, 0.15) is 45.7 Å². The van der Waals surface area contributed by atoms with Crippen LogP contribution in [0.15, 0.2) is 62.2 Å². The molecule has 0 bridgehead atoms. The van der Waals surface area contributed by atoms with E-state index >= 15 is 0 Å². The van der Waals surface area contributed by atoms with Gasteiger partial charge in [0.25, 0.3) is 0 Å². The van der Waals surface area contributed by atoms with Crippen molar-refractivity contribution in [2.24, 2.45) is 0 Å². The minimum atomic E-state index is 1.33. The molecule has 0 heterocycles. The Labute approximate surface area is 122 Å². The van der Waals surface area contributed by atoms with Crippen LogP contribution in [0.2, 0.25) is 0 Å². The van der Waals surface area contributed by atoms with Crippen molar-refractivity contribution < 1.29 is 0 Å². The summed E-state index contributed by atoms with van der Waals surface area (Å²) < 4.78 is 0. The summed E-state index contributed by atoms with van der Waals surface area (Å²) in [6, 6.07) is 8.48. The third kappa shape index (κ3) is 38.5. The number of rotatable bonds is 1. The smallest absolute Gasteiger partial charge is 0.0398 e. The van der Waals surface area contributed by atoms with E-state index in [1.54, 1.807) is 18.2 Å². The summed E-state index contributed by atoms with van der Waals surface area (Å²) in [4.78, 5) is 0. The zero-order valence-electron chi connectivity index (χ0n) is 14.2. The molecule has 0 saturated heterocycles. The molecule has 0 spiro atoms. The van der Waals surface area contributed by atoms with Crippen molar-refractivity contribution in [2.45, 2.75) is 48.5 Å². The monoisotopic (exact) mass is 262 g/mol. The summed E-state index contributed by atoms with van der Waals surface area (Å²) in [5, 5.41) is 0. The summed E-state index contributed by atoms with van der Waals surface area (Å²) in [6.07, 6.45) is 5.03. The Morgan fingerprint density at radius 2 is 0.842 bits per heavy atom. The number of hydrogen-bond donors (Lipinski definition) is 0. The second-order valence-electron chi connectivity index (χ2n) is 3.03. The molecule has 19 heavy (non-hydrogen) atoms. The Kier molecular flexibility index (Phi) is 41.1. The van der Waals surface area contributed by atoms with E-state index in [2.05, 4.69) is 57.8 Å². The van der Waals surface area contributed by atoms with E-state index in [1.807, 2.05) is 34.6 Å². The molecule has 0 amide bonds. The third-order valence-corrected chi connectivity index (χ3v) is 1.38. The van der Waals surface area contributed by atoms with E-state index in [1.165, 1.54) is 11.1 Å². The molecule has 0 aromatic heterocycles. The van der Waals surface area contributed by atoms with Crippen LogP contribution in [0, 0.1) is 13.8 Å². The quantitative estimate of drug-likeness (QED) is 0.381. The van der Waals surface area contributed by atoms with Gasteiger partial charge in [0.1, 0.15) is 0 Å². The van der Waals surface area contributed by atoms with Gasteiger partial charge < -0.3 is 0 Å². The molecule has 0 atom stereocenters. The van der Waals surface area contributed by atoms with E-state index in [0.717, 1.165) is 0 Å².